The molecule has 0 heterocycles. The minimum Gasteiger partial charge on any atom is -0.494 e. The van der Waals surface area contributed by atoms with Crippen molar-refractivity contribution >= 4 is 47.8 Å². The molecule has 1 unspecified atom stereocenters. The third-order valence-corrected chi connectivity index (χ3v) is 5.02. The summed E-state index contributed by atoms with van der Waals surface area (Å²) in [4.78, 5) is 0. The molecule has 0 radical (unpaired) electrons. The molecule has 0 aliphatic carbocycles. The summed E-state index contributed by atoms with van der Waals surface area (Å²) in [5.41, 5.74) is 2.36. The van der Waals surface area contributed by atoms with Crippen LogP contribution in [-0.2, 0) is 0 Å². The van der Waals surface area contributed by atoms with Gasteiger partial charge in [-0.25, -0.2) is 0 Å². The molecule has 112 valence electrons. The van der Waals surface area contributed by atoms with E-state index in [0.717, 1.165) is 19.2 Å². The molecule has 0 amide bonds. The Bertz CT molecular complexity index is 631. The quantitative estimate of drug-likeness (QED) is 0.598. The second kappa shape index (κ2) is 7.77. The van der Waals surface area contributed by atoms with Gasteiger partial charge in [-0.1, -0.05) is 59.9 Å². The molecule has 0 aliphatic heterocycles. The van der Waals surface area contributed by atoms with Gasteiger partial charge in [0.2, 0.25) is 0 Å². The number of rotatable bonds is 5. The third-order valence-electron chi connectivity index (χ3n) is 3.16. The molecular formula is C16H16Br3NO. The Hall–Kier alpha value is -0.360. The number of hydrogen-bond acceptors (Lipinski definition) is 2. The Morgan fingerprint density at radius 1 is 1.00 bits per heavy atom. The number of hydrogen-bond donors (Lipinski definition) is 1. The monoisotopic (exact) mass is 475 g/mol. The summed E-state index contributed by atoms with van der Waals surface area (Å²) in [5, 5.41) is 3.37. The predicted molar refractivity (Wildman–Crippen MR) is 98.1 cm³/mol. The molecule has 1 atom stereocenters. The highest BCUT2D eigenvalue weighted by Crippen LogP contribution is 2.35. The molecule has 0 aromatic heterocycles. The van der Waals surface area contributed by atoms with Crippen LogP contribution in [0, 0.1) is 0 Å². The highest BCUT2D eigenvalue weighted by Gasteiger charge is 2.18. The lowest BCUT2D eigenvalue weighted by Gasteiger charge is -2.21. The predicted octanol–water partition coefficient (Wildman–Crippen LogP) is 5.68. The van der Waals surface area contributed by atoms with Crippen LogP contribution in [0.3, 0.4) is 0 Å². The van der Waals surface area contributed by atoms with E-state index < -0.39 is 0 Å². The summed E-state index contributed by atoms with van der Waals surface area (Å²) in [5.74, 6) is 0.873. The highest BCUT2D eigenvalue weighted by atomic mass is 79.9. The van der Waals surface area contributed by atoms with Gasteiger partial charge >= 0.3 is 0 Å². The van der Waals surface area contributed by atoms with Crippen LogP contribution in [0.15, 0.2) is 49.8 Å². The minimum atomic E-state index is 0.0949. The second-order valence-electron chi connectivity index (χ2n) is 4.50. The first-order valence-corrected chi connectivity index (χ1v) is 8.99. The third kappa shape index (κ3) is 4.09. The SMILES string of the molecule is CCOc1ccc(C(NC)c2ccc(Br)cc2Br)c(Br)c1. The van der Waals surface area contributed by atoms with E-state index in [1.54, 1.807) is 0 Å². The Morgan fingerprint density at radius 2 is 1.62 bits per heavy atom. The lowest BCUT2D eigenvalue weighted by atomic mass is 9.99. The highest BCUT2D eigenvalue weighted by molar-refractivity contribution is 9.11. The zero-order valence-corrected chi connectivity index (χ0v) is 16.5. The summed E-state index contributed by atoms with van der Waals surface area (Å²) in [6, 6.07) is 12.4. The topological polar surface area (TPSA) is 21.3 Å². The zero-order valence-electron chi connectivity index (χ0n) is 11.8. The Balaban J connectivity index is 2.41. The van der Waals surface area contributed by atoms with Crippen LogP contribution in [0.5, 0.6) is 5.75 Å². The maximum absolute atomic E-state index is 5.53. The lowest BCUT2D eigenvalue weighted by molar-refractivity contribution is 0.340. The molecular weight excluding hydrogens is 462 g/mol. The van der Waals surface area contributed by atoms with Gasteiger partial charge in [0, 0.05) is 13.4 Å². The largest absolute Gasteiger partial charge is 0.494 e. The Morgan fingerprint density at radius 3 is 2.14 bits per heavy atom. The van der Waals surface area contributed by atoms with Crippen molar-refractivity contribution in [3.05, 3.63) is 60.9 Å². The molecule has 0 saturated carbocycles. The maximum Gasteiger partial charge on any atom is 0.120 e. The van der Waals surface area contributed by atoms with Gasteiger partial charge < -0.3 is 10.1 Å². The molecule has 0 fully saturated rings. The van der Waals surface area contributed by atoms with E-state index in [1.807, 2.05) is 32.2 Å². The van der Waals surface area contributed by atoms with Crippen LogP contribution in [0.1, 0.15) is 24.1 Å². The van der Waals surface area contributed by atoms with Crippen LogP contribution in [-0.4, -0.2) is 13.7 Å². The minimum absolute atomic E-state index is 0.0949. The van der Waals surface area contributed by atoms with Gasteiger partial charge in [-0.05, 0) is 49.4 Å². The molecule has 0 saturated heterocycles. The van der Waals surface area contributed by atoms with Crippen LogP contribution >= 0.6 is 47.8 Å². The standard InChI is InChI=1S/C16H16Br3NO/c1-3-21-11-5-7-13(15(19)9-11)16(20-2)12-6-4-10(17)8-14(12)18/h4-9,16,20H,3H2,1-2H3. The van der Waals surface area contributed by atoms with Crippen LogP contribution < -0.4 is 10.1 Å². The van der Waals surface area contributed by atoms with Gasteiger partial charge in [-0.15, -0.1) is 0 Å². The van der Waals surface area contributed by atoms with E-state index in [4.69, 9.17) is 4.74 Å². The van der Waals surface area contributed by atoms with Crippen LogP contribution in [0.2, 0.25) is 0 Å². The van der Waals surface area contributed by atoms with Crippen LogP contribution in [0.25, 0.3) is 0 Å². The average Bonchev–Trinajstić information content (AvgIpc) is 2.44. The summed E-state index contributed by atoms with van der Waals surface area (Å²) in [7, 11) is 1.96. The molecule has 0 bridgehead atoms. The van der Waals surface area contributed by atoms with E-state index in [1.165, 1.54) is 11.1 Å². The van der Waals surface area contributed by atoms with Gasteiger partial charge in [-0.3, -0.25) is 0 Å². The summed E-state index contributed by atoms with van der Waals surface area (Å²) < 4.78 is 8.69. The van der Waals surface area contributed by atoms with Crippen molar-refractivity contribution in [3.63, 3.8) is 0 Å². The van der Waals surface area contributed by atoms with E-state index in [0.29, 0.717) is 6.61 Å². The smallest absolute Gasteiger partial charge is 0.120 e. The van der Waals surface area contributed by atoms with Gasteiger partial charge in [-0.2, -0.15) is 0 Å². The van der Waals surface area contributed by atoms with Crippen molar-refractivity contribution in [1.82, 2.24) is 5.32 Å². The van der Waals surface area contributed by atoms with Crippen LogP contribution in [0.4, 0.5) is 0 Å². The fourth-order valence-corrected chi connectivity index (χ4v) is 4.08. The lowest BCUT2D eigenvalue weighted by Crippen LogP contribution is -2.18. The first-order valence-electron chi connectivity index (χ1n) is 6.61. The van der Waals surface area contributed by atoms with Gasteiger partial charge in [0.05, 0.1) is 12.6 Å². The first kappa shape index (κ1) is 17.0. The van der Waals surface area contributed by atoms with E-state index in [9.17, 15) is 0 Å². The average molecular weight is 478 g/mol. The van der Waals surface area contributed by atoms with Crippen molar-refractivity contribution in [2.75, 3.05) is 13.7 Å². The maximum atomic E-state index is 5.53. The van der Waals surface area contributed by atoms with E-state index >= 15 is 0 Å². The van der Waals surface area contributed by atoms with E-state index in [2.05, 4.69) is 71.3 Å². The van der Waals surface area contributed by atoms with Gasteiger partial charge in [0.1, 0.15) is 5.75 Å². The molecule has 2 nitrogen and oxygen atoms in total. The first-order chi connectivity index (χ1) is 10.1. The van der Waals surface area contributed by atoms with Crippen molar-refractivity contribution in [2.45, 2.75) is 13.0 Å². The zero-order chi connectivity index (χ0) is 15.4. The van der Waals surface area contributed by atoms with Gasteiger partial charge in [0.25, 0.3) is 0 Å². The molecule has 1 N–H and O–H groups in total. The Kier molecular flexibility index (Phi) is 6.29. The molecule has 0 aliphatic rings. The molecule has 2 aromatic rings. The fourth-order valence-electron chi connectivity index (χ4n) is 2.21. The van der Waals surface area contributed by atoms with Crippen molar-refractivity contribution in [3.8, 4) is 5.75 Å². The molecule has 2 aromatic carbocycles. The van der Waals surface area contributed by atoms with Crippen molar-refractivity contribution in [2.24, 2.45) is 0 Å². The van der Waals surface area contributed by atoms with E-state index in [-0.39, 0.29) is 6.04 Å². The fraction of sp³-hybridized carbons (Fsp3) is 0.250. The molecule has 21 heavy (non-hydrogen) atoms. The number of benzene rings is 2. The summed E-state index contributed by atoms with van der Waals surface area (Å²) >= 11 is 10.8. The summed E-state index contributed by atoms with van der Waals surface area (Å²) in [6.07, 6.45) is 0. The number of halogens is 3. The molecule has 0 spiro atoms. The van der Waals surface area contributed by atoms with Crippen molar-refractivity contribution < 1.29 is 4.74 Å². The molecule has 2 rings (SSSR count). The molecule has 5 heteroatoms. The van der Waals surface area contributed by atoms with Gasteiger partial charge in [0.15, 0.2) is 0 Å². The number of ether oxygens (including phenoxy) is 1. The van der Waals surface area contributed by atoms with Crippen molar-refractivity contribution in [1.29, 1.82) is 0 Å². The number of nitrogens with one attached hydrogen (secondary N) is 1. The second-order valence-corrected chi connectivity index (χ2v) is 7.13. The Labute approximate surface area is 150 Å². The summed E-state index contributed by atoms with van der Waals surface area (Å²) in [6.45, 7) is 2.65. The normalized spacial score (nSPS) is 12.2.